The number of methoxy groups -OCH3 is 1. The van der Waals surface area contributed by atoms with Crippen LogP contribution in [-0.2, 0) is 17.8 Å². The van der Waals surface area contributed by atoms with E-state index in [1.54, 1.807) is 7.11 Å². The fourth-order valence-corrected chi connectivity index (χ4v) is 3.38. The topological polar surface area (TPSA) is 32.8 Å². The van der Waals surface area contributed by atoms with Gasteiger partial charge in [0, 0.05) is 37.7 Å². The summed E-state index contributed by atoms with van der Waals surface area (Å²) in [5.41, 5.74) is 2.28. The molecule has 1 amide bonds. The van der Waals surface area contributed by atoms with Crippen molar-refractivity contribution in [1.29, 1.82) is 0 Å². The highest BCUT2D eigenvalue weighted by Crippen LogP contribution is 2.15. The molecule has 0 unspecified atom stereocenters. The summed E-state index contributed by atoms with van der Waals surface area (Å²) in [6.07, 6.45) is 1.45. The molecule has 0 N–H and O–H groups in total. The van der Waals surface area contributed by atoms with E-state index in [1.165, 1.54) is 5.56 Å². The lowest BCUT2D eigenvalue weighted by molar-refractivity contribution is -0.130. The molecule has 1 heterocycles. The average Bonchev–Trinajstić information content (AvgIpc) is 2.90. The number of amides is 1. The third-order valence-corrected chi connectivity index (χ3v) is 5.03. The predicted octanol–water partition coefficient (Wildman–Crippen LogP) is 3.63. The number of benzene rings is 2. The Labute approximate surface area is 160 Å². The Kier molecular flexibility index (Phi) is 6.53. The van der Waals surface area contributed by atoms with Gasteiger partial charge in [0.05, 0.1) is 13.5 Å². The highest BCUT2D eigenvalue weighted by Gasteiger charge is 2.19. The summed E-state index contributed by atoms with van der Waals surface area (Å²) in [7, 11) is 1.65. The first-order valence-corrected chi connectivity index (χ1v) is 9.39. The number of carbonyl (C=O) groups is 1. The molecule has 5 heteroatoms. The average molecular weight is 373 g/mol. The lowest BCUT2D eigenvalue weighted by Gasteiger charge is -2.22. The van der Waals surface area contributed by atoms with Crippen LogP contribution in [-0.4, -0.2) is 49.0 Å². The maximum absolute atomic E-state index is 12.6. The van der Waals surface area contributed by atoms with Crippen LogP contribution in [0.3, 0.4) is 0 Å². The second-order valence-electron chi connectivity index (χ2n) is 6.66. The van der Waals surface area contributed by atoms with Gasteiger partial charge in [-0.2, -0.15) is 0 Å². The molecule has 0 atom stereocenters. The minimum absolute atomic E-state index is 0.198. The third-order valence-electron chi connectivity index (χ3n) is 4.78. The zero-order valence-corrected chi connectivity index (χ0v) is 15.9. The molecular weight excluding hydrogens is 348 g/mol. The molecular formula is C21H25ClN2O2. The van der Waals surface area contributed by atoms with Crippen LogP contribution in [0, 0.1) is 0 Å². The largest absolute Gasteiger partial charge is 0.497 e. The van der Waals surface area contributed by atoms with E-state index >= 15 is 0 Å². The maximum atomic E-state index is 12.6. The highest BCUT2D eigenvalue weighted by molar-refractivity contribution is 6.30. The minimum atomic E-state index is 0.198. The van der Waals surface area contributed by atoms with E-state index in [0.29, 0.717) is 6.42 Å². The van der Waals surface area contributed by atoms with E-state index in [-0.39, 0.29) is 5.91 Å². The Morgan fingerprint density at radius 1 is 0.962 bits per heavy atom. The Bertz CT molecular complexity index is 716. The summed E-state index contributed by atoms with van der Waals surface area (Å²) in [5, 5.41) is 0.764. The van der Waals surface area contributed by atoms with Crippen molar-refractivity contribution in [3.63, 3.8) is 0 Å². The van der Waals surface area contributed by atoms with E-state index in [0.717, 1.165) is 55.5 Å². The van der Waals surface area contributed by atoms with Gasteiger partial charge in [-0.15, -0.1) is 0 Å². The molecule has 1 saturated heterocycles. The maximum Gasteiger partial charge on any atom is 0.227 e. The summed E-state index contributed by atoms with van der Waals surface area (Å²) in [4.78, 5) is 17.0. The normalized spacial score (nSPS) is 15.5. The number of hydrogen-bond acceptors (Lipinski definition) is 3. The SMILES string of the molecule is COc1ccc(CC(=O)N2CCCN(Cc3ccc(Cl)cc3)CC2)cc1. The van der Waals surface area contributed by atoms with Crippen molar-refractivity contribution < 1.29 is 9.53 Å². The van der Waals surface area contributed by atoms with Crippen LogP contribution in [0.2, 0.25) is 5.02 Å². The Hall–Kier alpha value is -2.04. The van der Waals surface area contributed by atoms with Gasteiger partial charge in [0.2, 0.25) is 5.91 Å². The zero-order valence-electron chi connectivity index (χ0n) is 15.2. The van der Waals surface area contributed by atoms with Crippen molar-refractivity contribution in [2.75, 3.05) is 33.3 Å². The molecule has 138 valence electrons. The molecule has 4 nitrogen and oxygen atoms in total. The van der Waals surface area contributed by atoms with Gasteiger partial charge in [-0.1, -0.05) is 35.9 Å². The van der Waals surface area contributed by atoms with Gasteiger partial charge in [-0.3, -0.25) is 9.69 Å². The standard InChI is InChI=1S/C21H25ClN2O2/c1-26-20-9-5-17(6-10-20)15-21(25)24-12-2-11-23(13-14-24)16-18-3-7-19(22)8-4-18/h3-10H,2,11-16H2,1H3. The lowest BCUT2D eigenvalue weighted by Crippen LogP contribution is -2.36. The molecule has 3 rings (SSSR count). The Balaban J connectivity index is 1.52. The van der Waals surface area contributed by atoms with E-state index in [4.69, 9.17) is 16.3 Å². The molecule has 0 bridgehead atoms. The van der Waals surface area contributed by atoms with Gasteiger partial charge in [0.15, 0.2) is 0 Å². The van der Waals surface area contributed by atoms with Gasteiger partial charge >= 0.3 is 0 Å². The van der Waals surface area contributed by atoms with Crippen molar-refractivity contribution >= 4 is 17.5 Å². The van der Waals surface area contributed by atoms with Crippen molar-refractivity contribution in [2.45, 2.75) is 19.4 Å². The first-order valence-electron chi connectivity index (χ1n) is 9.01. The van der Waals surface area contributed by atoms with Crippen LogP contribution >= 0.6 is 11.6 Å². The van der Waals surface area contributed by atoms with Crippen LogP contribution < -0.4 is 4.74 Å². The van der Waals surface area contributed by atoms with Crippen LogP contribution in [0.5, 0.6) is 5.75 Å². The highest BCUT2D eigenvalue weighted by atomic mass is 35.5. The van der Waals surface area contributed by atoms with Crippen molar-refractivity contribution in [3.05, 3.63) is 64.7 Å². The smallest absolute Gasteiger partial charge is 0.227 e. The minimum Gasteiger partial charge on any atom is -0.497 e. The zero-order chi connectivity index (χ0) is 18.4. The number of rotatable bonds is 5. The molecule has 0 spiro atoms. The summed E-state index contributed by atoms with van der Waals surface area (Å²) >= 11 is 5.95. The summed E-state index contributed by atoms with van der Waals surface area (Å²) < 4.78 is 5.17. The Morgan fingerprint density at radius 3 is 2.35 bits per heavy atom. The second-order valence-corrected chi connectivity index (χ2v) is 7.10. The fourth-order valence-electron chi connectivity index (χ4n) is 3.26. The summed E-state index contributed by atoms with van der Waals surface area (Å²) in [5.74, 6) is 1.01. The fraction of sp³-hybridized carbons (Fsp3) is 0.381. The number of carbonyl (C=O) groups excluding carboxylic acids is 1. The first-order chi connectivity index (χ1) is 12.6. The van der Waals surface area contributed by atoms with E-state index < -0.39 is 0 Å². The lowest BCUT2D eigenvalue weighted by atomic mass is 10.1. The van der Waals surface area contributed by atoms with E-state index in [2.05, 4.69) is 17.0 Å². The molecule has 0 aromatic heterocycles. The van der Waals surface area contributed by atoms with Gasteiger partial charge in [-0.05, 0) is 41.8 Å². The van der Waals surface area contributed by atoms with Crippen LogP contribution in [0.4, 0.5) is 0 Å². The van der Waals surface area contributed by atoms with Gasteiger partial charge in [0.25, 0.3) is 0 Å². The molecule has 0 radical (unpaired) electrons. The molecule has 2 aromatic carbocycles. The quantitative estimate of drug-likeness (QED) is 0.803. The van der Waals surface area contributed by atoms with Gasteiger partial charge < -0.3 is 9.64 Å². The van der Waals surface area contributed by atoms with Gasteiger partial charge in [-0.25, -0.2) is 0 Å². The molecule has 0 saturated carbocycles. The number of halogens is 1. The van der Waals surface area contributed by atoms with Crippen LogP contribution in [0.15, 0.2) is 48.5 Å². The number of nitrogens with zero attached hydrogens (tertiary/aromatic N) is 2. The van der Waals surface area contributed by atoms with E-state index in [9.17, 15) is 4.79 Å². The van der Waals surface area contributed by atoms with E-state index in [1.807, 2.05) is 41.3 Å². The predicted molar refractivity (Wildman–Crippen MR) is 105 cm³/mol. The molecule has 26 heavy (non-hydrogen) atoms. The van der Waals surface area contributed by atoms with Gasteiger partial charge in [0.1, 0.15) is 5.75 Å². The van der Waals surface area contributed by atoms with Crippen LogP contribution in [0.1, 0.15) is 17.5 Å². The van der Waals surface area contributed by atoms with Crippen LogP contribution in [0.25, 0.3) is 0 Å². The third kappa shape index (κ3) is 5.23. The molecule has 2 aromatic rings. The monoisotopic (exact) mass is 372 g/mol. The summed E-state index contributed by atoms with van der Waals surface area (Å²) in [6.45, 7) is 4.41. The van der Waals surface area contributed by atoms with Crippen molar-refractivity contribution in [3.8, 4) is 5.75 Å². The molecule has 1 aliphatic heterocycles. The Morgan fingerprint density at radius 2 is 1.65 bits per heavy atom. The summed E-state index contributed by atoms with van der Waals surface area (Å²) in [6, 6.07) is 15.7. The second kappa shape index (κ2) is 9.06. The molecule has 1 aliphatic rings. The van der Waals surface area contributed by atoms with Crippen molar-refractivity contribution in [2.24, 2.45) is 0 Å². The number of ether oxygens (including phenoxy) is 1. The van der Waals surface area contributed by atoms with Crippen molar-refractivity contribution in [1.82, 2.24) is 9.80 Å². The molecule has 0 aliphatic carbocycles. The molecule has 1 fully saturated rings. The first kappa shape index (κ1) is 18.7. The number of hydrogen-bond donors (Lipinski definition) is 0.